The Labute approximate surface area is 411 Å². The first-order valence-electron chi connectivity index (χ1n) is 23.6. The van der Waals surface area contributed by atoms with Gasteiger partial charge in [-0.25, -0.2) is 18.7 Å². The fourth-order valence-electron chi connectivity index (χ4n) is 10.8. The highest BCUT2D eigenvalue weighted by Crippen LogP contribution is 2.55. The lowest BCUT2D eigenvalue weighted by Gasteiger charge is -2.52. The average molecular weight is 988 g/mol. The van der Waals surface area contributed by atoms with E-state index >= 15 is 18.4 Å². The molecule has 2 aromatic heterocycles. The quantitative estimate of drug-likeness (QED) is 0.112. The van der Waals surface area contributed by atoms with Crippen molar-refractivity contribution in [3.8, 4) is 28.5 Å². The second kappa shape index (κ2) is 19.6. The Hall–Kier alpha value is -6.70. The molecule has 2 unspecified atom stereocenters. The summed E-state index contributed by atoms with van der Waals surface area (Å²) < 4.78 is 71.3. The summed E-state index contributed by atoms with van der Waals surface area (Å²) in [6, 6.07) is 34.9. The van der Waals surface area contributed by atoms with Crippen molar-refractivity contribution in [1.82, 2.24) is 29.7 Å². The molecule has 358 valence electrons. The Morgan fingerprint density at radius 1 is 0.586 bits per heavy atom. The summed E-state index contributed by atoms with van der Waals surface area (Å²) in [4.78, 5) is 45.1. The maximum Gasteiger partial charge on any atom is 0.387 e. The molecule has 2 amide bonds. The van der Waals surface area contributed by atoms with E-state index in [1.165, 1.54) is 24.3 Å². The highest BCUT2D eigenvalue weighted by Gasteiger charge is 2.69. The summed E-state index contributed by atoms with van der Waals surface area (Å²) >= 11 is 13.1. The number of aromatic nitrogens is 4. The van der Waals surface area contributed by atoms with Crippen LogP contribution in [0.15, 0.2) is 140 Å². The summed E-state index contributed by atoms with van der Waals surface area (Å²) in [5, 5.41) is 7.53. The topological polar surface area (TPSA) is 103 Å². The number of carbonyl (C=O) groups is 2. The van der Waals surface area contributed by atoms with Gasteiger partial charge in [0, 0.05) is 38.8 Å². The van der Waals surface area contributed by atoms with E-state index in [1.807, 2.05) is 0 Å². The number of alkyl halides is 2. The number of amides is 2. The molecule has 10 rings (SSSR count). The predicted molar refractivity (Wildman–Crippen MR) is 264 cm³/mol. The Bertz CT molecular complexity index is 3190. The third-order valence-electron chi connectivity index (χ3n) is 13.9. The lowest BCUT2D eigenvalue weighted by Crippen LogP contribution is -2.72. The molecule has 0 radical (unpaired) electrons. The van der Waals surface area contributed by atoms with Crippen molar-refractivity contribution in [2.75, 3.05) is 0 Å². The summed E-state index contributed by atoms with van der Waals surface area (Å²) in [5.41, 5.74) is -3.76. The molecule has 2 saturated carbocycles. The van der Waals surface area contributed by atoms with Gasteiger partial charge in [0.1, 0.15) is 29.0 Å². The number of hydrogen-bond acceptors (Lipinski definition) is 5. The standard InChI is InChI=1S/C55H48Cl2F4N6O3/c56-37-25-19-34(20-26-37)49-64-45-15-7-9-17-47(45)66(49)54(51(68)62-40-11-3-1-4-12-40,36-23-30-42(31-24-36)70-53(60)61)55(43-33-39(58)29-32-44(43)59,52(69)63-41-13-5-2-6-14-41)67-48-18-10-8-16-46(48)65-50(67)35-21-27-38(57)28-22-35/h7-10,15-33,40-41,53H,1-6,11-14H2,(H,62,68)(H,63,69). The van der Waals surface area contributed by atoms with E-state index in [-0.39, 0.29) is 28.5 Å². The monoisotopic (exact) mass is 986 g/mol. The van der Waals surface area contributed by atoms with Gasteiger partial charge in [0.25, 0.3) is 11.8 Å². The largest absolute Gasteiger partial charge is 0.435 e. The van der Waals surface area contributed by atoms with Crippen molar-refractivity contribution in [3.63, 3.8) is 0 Å². The lowest BCUT2D eigenvalue weighted by molar-refractivity contribution is -0.144. The van der Waals surface area contributed by atoms with Gasteiger partial charge in [-0.05, 0) is 134 Å². The van der Waals surface area contributed by atoms with Crippen molar-refractivity contribution in [2.45, 2.75) is 94.0 Å². The number of para-hydroxylation sites is 4. The van der Waals surface area contributed by atoms with Crippen molar-refractivity contribution >= 4 is 57.1 Å². The van der Waals surface area contributed by atoms with Gasteiger partial charge in [0.15, 0.2) is 11.1 Å². The Kier molecular flexibility index (Phi) is 13.2. The van der Waals surface area contributed by atoms with Crippen LogP contribution in [0.2, 0.25) is 10.0 Å². The number of nitrogens with one attached hydrogen (secondary N) is 2. The molecule has 2 atom stereocenters. The van der Waals surface area contributed by atoms with Gasteiger partial charge >= 0.3 is 6.61 Å². The second-order valence-corrected chi connectivity index (χ2v) is 19.0. The average Bonchev–Trinajstić information content (AvgIpc) is 3.95. The fourth-order valence-corrected chi connectivity index (χ4v) is 11.1. The van der Waals surface area contributed by atoms with E-state index in [0.717, 1.165) is 56.7 Å². The van der Waals surface area contributed by atoms with Gasteiger partial charge in [-0.3, -0.25) is 9.59 Å². The normalized spacial score (nSPS) is 16.5. The van der Waals surface area contributed by atoms with Gasteiger partial charge in [-0.2, -0.15) is 8.78 Å². The van der Waals surface area contributed by atoms with E-state index in [9.17, 15) is 8.78 Å². The molecule has 0 spiro atoms. The Morgan fingerprint density at radius 2 is 1.04 bits per heavy atom. The molecule has 2 aliphatic carbocycles. The van der Waals surface area contributed by atoms with Crippen LogP contribution in [-0.2, 0) is 20.7 Å². The molecule has 9 nitrogen and oxygen atoms in total. The molecule has 70 heavy (non-hydrogen) atoms. The Balaban J connectivity index is 1.50. The molecule has 6 aromatic carbocycles. The van der Waals surface area contributed by atoms with Crippen molar-refractivity contribution < 1.29 is 31.9 Å². The van der Waals surface area contributed by atoms with E-state index in [2.05, 4.69) is 10.6 Å². The van der Waals surface area contributed by atoms with Crippen LogP contribution in [0.1, 0.15) is 75.3 Å². The molecular weight excluding hydrogens is 940 g/mol. The van der Waals surface area contributed by atoms with Crippen LogP contribution in [0.5, 0.6) is 5.75 Å². The summed E-state index contributed by atoms with van der Waals surface area (Å²) in [6.45, 7) is -3.21. The zero-order valence-electron chi connectivity index (χ0n) is 37.9. The number of imidazole rings is 2. The minimum Gasteiger partial charge on any atom is -0.435 e. The number of halogens is 6. The summed E-state index contributed by atoms with van der Waals surface area (Å²) in [7, 11) is 0. The number of ether oxygens (including phenoxy) is 1. The molecule has 0 saturated heterocycles. The number of fused-ring (bicyclic) bond motifs is 2. The van der Waals surface area contributed by atoms with Crippen LogP contribution in [0.4, 0.5) is 17.6 Å². The number of carbonyl (C=O) groups excluding carboxylic acids is 2. The van der Waals surface area contributed by atoms with Gasteiger partial charge in [-0.15, -0.1) is 0 Å². The smallest absolute Gasteiger partial charge is 0.387 e. The molecule has 2 heterocycles. The molecule has 8 aromatic rings. The zero-order chi connectivity index (χ0) is 48.6. The molecular formula is C55H48Cl2F4N6O3. The highest BCUT2D eigenvalue weighted by atomic mass is 35.5. The van der Waals surface area contributed by atoms with Gasteiger partial charge in [0.05, 0.1) is 22.1 Å². The zero-order valence-corrected chi connectivity index (χ0v) is 39.4. The maximum atomic E-state index is 18.3. The van der Waals surface area contributed by atoms with E-state index in [0.29, 0.717) is 63.4 Å². The van der Waals surface area contributed by atoms with Crippen LogP contribution in [-0.4, -0.2) is 49.6 Å². The first-order chi connectivity index (χ1) is 34.0. The minimum absolute atomic E-state index is 0.0167. The second-order valence-electron chi connectivity index (χ2n) is 18.1. The van der Waals surface area contributed by atoms with Crippen LogP contribution in [0.3, 0.4) is 0 Å². The third kappa shape index (κ3) is 8.36. The van der Waals surface area contributed by atoms with Gasteiger partial charge < -0.3 is 24.5 Å². The van der Waals surface area contributed by atoms with E-state index < -0.39 is 58.8 Å². The number of nitrogens with zero attached hydrogens (tertiary/aromatic N) is 4. The van der Waals surface area contributed by atoms with Crippen LogP contribution in [0.25, 0.3) is 44.8 Å². The molecule has 2 N–H and O–H groups in total. The third-order valence-corrected chi connectivity index (χ3v) is 14.4. The first kappa shape index (κ1) is 47.0. The Morgan fingerprint density at radius 3 is 1.53 bits per heavy atom. The van der Waals surface area contributed by atoms with Crippen molar-refractivity contribution in [2.24, 2.45) is 0 Å². The number of benzene rings is 6. The summed E-state index contributed by atoms with van der Waals surface area (Å²) in [5.74, 6) is -3.59. The lowest BCUT2D eigenvalue weighted by atomic mass is 9.64. The summed E-state index contributed by atoms with van der Waals surface area (Å²) in [6.07, 6.45) is 7.29. The van der Waals surface area contributed by atoms with E-state index in [1.54, 1.807) is 106 Å². The van der Waals surface area contributed by atoms with Crippen molar-refractivity contribution in [3.05, 3.63) is 172 Å². The number of hydrogen-bond donors (Lipinski definition) is 2. The molecule has 2 aliphatic rings. The number of rotatable bonds is 13. The SMILES string of the molecule is O=C(NC1CCCCC1)C(c1ccc(OC(F)F)cc1)(n1c(-c2ccc(Cl)cc2)nc2ccccc21)C(C(=O)NC1CCCCC1)(c1cc(F)ccc1F)n1c(-c2ccc(Cl)cc2)nc2ccccc21. The fraction of sp³-hybridized carbons (Fsp3) is 0.273. The first-order valence-corrected chi connectivity index (χ1v) is 24.3. The maximum absolute atomic E-state index is 18.3. The van der Waals surface area contributed by atoms with E-state index in [4.69, 9.17) is 37.9 Å². The van der Waals surface area contributed by atoms with Crippen LogP contribution < -0.4 is 15.4 Å². The van der Waals surface area contributed by atoms with Crippen LogP contribution >= 0.6 is 23.2 Å². The predicted octanol–water partition coefficient (Wildman–Crippen LogP) is 13.0. The molecule has 0 bridgehead atoms. The van der Waals surface area contributed by atoms with Crippen molar-refractivity contribution in [1.29, 1.82) is 0 Å². The molecule has 15 heteroatoms. The van der Waals surface area contributed by atoms with Crippen LogP contribution in [0, 0.1) is 11.6 Å². The van der Waals surface area contributed by atoms with Gasteiger partial charge in [-0.1, -0.05) is 98.1 Å². The van der Waals surface area contributed by atoms with Gasteiger partial charge in [0.2, 0.25) is 0 Å². The molecule has 0 aliphatic heterocycles. The molecule has 2 fully saturated rings. The highest BCUT2D eigenvalue weighted by molar-refractivity contribution is 6.31. The minimum atomic E-state index is -3.21.